The van der Waals surface area contributed by atoms with Crippen LogP contribution in [-0.2, 0) is 5.60 Å². The highest BCUT2D eigenvalue weighted by Crippen LogP contribution is 2.45. The second-order valence-electron chi connectivity index (χ2n) is 7.45. The van der Waals surface area contributed by atoms with Gasteiger partial charge in [-0.15, -0.1) is 0 Å². The van der Waals surface area contributed by atoms with E-state index in [1.54, 1.807) is 0 Å². The van der Waals surface area contributed by atoms with Crippen LogP contribution in [0.3, 0.4) is 0 Å². The van der Waals surface area contributed by atoms with Crippen molar-refractivity contribution in [1.29, 1.82) is 0 Å². The lowest BCUT2D eigenvalue weighted by molar-refractivity contribution is -0.0305. The first kappa shape index (κ1) is 13.2. The molecular weight excluding hydrogens is 232 g/mol. The zero-order valence-electron chi connectivity index (χ0n) is 12.3. The van der Waals surface area contributed by atoms with Crippen LogP contribution in [0.15, 0.2) is 24.3 Å². The molecule has 1 aromatic rings. The van der Waals surface area contributed by atoms with Crippen LogP contribution in [0.1, 0.15) is 75.8 Å². The highest BCUT2D eigenvalue weighted by atomic mass is 16.3. The summed E-state index contributed by atoms with van der Waals surface area (Å²) >= 11 is 0. The molecule has 0 radical (unpaired) electrons. The molecule has 19 heavy (non-hydrogen) atoms. The van der Waals surface area contributed by atoms with Crippen LogP contribution in [0.5, 0.6) is 0 Å². The van der Waals surface area contributed by atoms with Crippen molar-refractivity contribution in [1.82, 2.24) is 0 Å². The molecule has 0 saturated heterocycles. The zero-order valence-corrected chi connectivity index (χ0v) is 12.3. The number of rotatable bonds is 2. The first-order chi connectivity index (χ1) is 8.99. The normalized spacial score (nSPS) is 25.8. The van der Waals surface area contributed by atoms with E-state index in [1.165, 1.54) is 24.8 Å². The van der Waals surface area contributed by atoms with E-state index in [4.69, 9.17) is 0 Å². The maximum atomic E-state index is 10.9. The van der Waals surface area contributed by atoms with Crippen LogP contribution in [0.4, 0.5) is 0 Å². The molecule has 0 unspecified atom stereocenters. The molecule has 0 bridgehead atoms. The standard InChI is InChI=1S/C18H26O/c1-17(2)10-12-18(19,13-11-17)16-8-6-15(7-9-16)14-4-3-5-14/h6-9,14,19H,3-5,10-13H2,1-2H3. The van der Waals surface area contributed by atoms with E-state index in [0.29, 0.717) is 5.41 Å². The summed E-state index contributed by atoms with van der Waals surface area (Å²) in [7, 11) is 0. The summed E-state index contributed by atoms with van der Waals surface area (Å²) in [6.45, 7) is 4.62. The van der Waals surface area contributed by atoms with Gasteiger partial charge in [0.25, 0.3) is 0 Å². The van der Waals surface area contributed by atoms with Crippen molar-refractivity contribution >= 4 is 0 Å². The van der Waals surface area contributed by atoms with Crippen molar-refractivity contribution in [2.75, 3.05) is 0 Å². The molecule has 3 rings (SSSR count). The number of hydrogen-bond acceptors (Lipinski definition) is 1. The van der Waals surface area contributed by atoms with Crippen LogP contribution < -0.4 is 0 Å². The van der Waals surface area contributed by atoms with Gasteiger partial charge in [0.1, 0.15) is 0 Å². The Kier molecular flexibility index (Phi) is 3.21. The van der Waals surface area contributed by atoms with Gasteiger partial charge in [0, 0.05) is 0 Å². The second-order valence-corrected chi connectivity index (χ2v) is 7.45. The number of aliphatic hydroxyl groups is 1. The molecule has 0 spiro atoms. The van der Waals surface area contributed by atoms with Gasteiger partial charge in [-0.25, -0.2) is 0 Å². The Morgan fingerprint density at radius 1 is 0.947 bits per heavy atom. The lowest BCUT2D eigenvalue weighted by atomic mass is 9.68. The predicted octanol–water partition coefficient (Wildman–Crippen LogP) is 4.74. The van der Waals surface area contributed by atoms with Crippen LogP contribution in [0.2, 0.25) is 0 Å². The Morgan fingerprint density at radius 2 is 1.53 bits per heavy atom. The Bertz CT molecular complexity index is 429. The molecule has 1 aromatic carbocycles. The fourth-order valence-electron chi connectivity index (χ4n) is 3.44. The van der Waals surface area contributed by atoms with E-state index in [1.807, 2.05) is 0 Å². The smallest absolute Gasteiger partial charge is 0.0897 e. The Hall–Kier alpha value is -0.820. The summed E-state index contributed by atoms with van der Waals surface area (Å²) in [6.07, 6.45) is 8.12. The molecule has 2 fully saturated rings. The topological polar surface area (TPSA) is 20.2 Å². The third kappa shape index (κ3) is 2.58. The number of hydrogen-bond donors (Lipinski definition) is 1. The first-order valence-electron chi connectivity index (χ1n) is 7.81. The molecule has 0 aromatic heterocycles. The molecule has 104 valence electrons. The Labute approximate surface area is 117 Å². The summed E-state index contributed by atoms with van der Waals surface area (Å²) < 4.78 is 0. The largest absolute Gasteiger partial charge is 0.385 e. The zero-order chi connectivity index (χ0) is 13.5. The van der Waals surface area contributed by atoms with Crippen molar-refractivity contribution in [2.45, 2.75) is 70.3 Å². The fourth-order valence-corrected chi connectivity index (χ4v) is 3.44. The summed E-state index contributed by atoms with van der Waals surface area (Å²) in [4.78, 5) is 0. The third-order valence-electron chi connectivity index (χ3n) is 5.46. The molecule has 1 heteroatoms. The molecule has 0 atom stereocenters. The molecule has 1 N–H and O–H groups in total. The highest BCUT2D eigenvalue weighted by Gasteiger charge is 2.37. The van der Waals surface area contributed by atoms with E-state index in [0.717, 1.165) is 37.2 Å². The number of benzene rings is 1. The van der Waals surface area contributed by atoms with Crippen LogP contribution in [0, 0.1) is 5.41 Å². The maximum absolute atomic E-state index is 10.9. The molecule has 0 heterocycles. The van der Waals surface area contributed by atoms with Gasteiger partial charge in [-0.1, -0.05) is 44.5 Å². The molecule has 2 aliphatic rings. The molecule has 0 amide bonds. The summed E-state index contributed by atoms with van der Waals surface area (Å²) in [5, 5.41) is 10.9. The molecule has 2 saturated carbocycles. The van der Waals surface area contributed by atoms with Gasteiger partial charge < -0.3 is 5.11 Å². The van der Waals surface area contributed by atoms with E-state index in [9.17, 15) is 5.11 Å². The minimum absolute atomic E-state index is 0.401. The van der Waals surface area contributed by atoms with Crippen LogP contribution >= 0.6 is 0 Å². The molecule has 2 aliphatic carbocycles. The predicted molar refractivity (Wildman–Crippen MR) is 79.2 cm³/mol. The molecular formula is C18H26O. The van der Waals surface area contributed by atoms with Crippen LogP contribution in [0.25, 0.3) is 0 Å². The van der Waals surface area contributed by atoms with Crippen molar-refractivity contribution in [3.8, 4) is 0 Å². The minimum Gasteiger partial charge on any atom is -0.385 e. The van der Waals surface area contributed by atoms with Crippen molar-refractivity contribution in [2.24, 2.45) is 5.41 Å². The lowest BCUT2D eigenvalue weighted by Crippen LogP contribution is -2.34. The van der Waals surface area contributed by atoms with Gasteiger partial charge >= 0.3 is 0 Å². The second kappa shape index (κ2) is 4.63. The van der Waals surface area contributed by atoms with Crippen LogP contribution in [-0.4, -0.2) is 5.11 Å². The molecule has 0 aliphatic heterocycles. The van der Waals surface area contributed by atoms with E-state index in [2.05, 4.69) is 38.1 Å². The van der Waals surface area contributed by atoms with Gasteiger partial charge in [0.2, 0.25) is 0 Å². The van der Waals surface area contributed by atoms with Gasteiger partial charge in [-0.2, -0.15) is 0 Å². The van der Waals surface area contributed by atoms with Gasteiger partial charge in [0.05, 0.1) is 5.60 Å². The van der Waals surface area contributed by atoms with E-state index < -0.39 is 5.60 Å². The SMILES string of the molecule is CC1(C)CCC(O)(c2ccc(C3CCC3)cc2)CC1. The lowest BCUT2D eigenvalue weighted by Gasteiger charge is -2.40. The van der Waals surface area contributed by atoms with Crippen molar-refractivity contribution in [3.63, 3.8) is 0 Å². The van der Waals surface area contributed by atoms with E-state index >= 15 is 0 Å². The fraction of sp³-hybridized carbons (Fsp3) is 0.667. The maximum Gasteiger partial charge on any atom is 0.0897 e. The highest BCUT2D eigenvalue weighted by molar-refractivity contribution is 5.30. The van der Waals surface area contributed by atoms with Gasteiger partial charge in [-0.3, -0.25) is 0 Å². The molecule has 1 nitrogen and oxygen atoms in total. The van der Waals surface area contributed by atoms with Crippen molar-refractivity contribution < 1.29 is 5.11 Å². The average molecular weight is 258 g/mol. The Morgan fingerprint density at radius 3 is 2.00 bits per heavy atom. The average Bonchev–Trinajstić information content (AvgIpc) is 2.32. The Balaban J connectivity index is 1.74. The first-order valence-corrected chi connectivity index (χ1v) is 7.81. The minimum atomic E-state index is -0.576. The summed E-state index contributed by atoms with van der Waals surface area (Å²) in [5.74, 6) is 0.786. The summed E-state index contributed by atoms with van der Waals surface area (Å²) in [6, 6.07) is 8.84. The quantitative estimate of drug-likeness (QED) is 0.812. The van der Waals surface area contributed by atoms with Gasteiger partial charge in [0.15, 0.2) is 0 Å². The van der Waals surface area contributed by atoms with Crippen molar-refractivity contribution in [3.05, 3.63) is 35.4 Å². The third-order valence-corrected chi connectivity index (χ3v) is 5.46. The van der Waals surface area contributed by atoms with Gasteiger partial charge in [-0.05, 0) is 61.0 Å². The van der Waals surface area contributed by atoms with E-state index in [-0.39, 0.29) is 0 Å². The summed E-state index contributed by atoms with van der Waals surface area (Å²) in [5.41, 5.74) is 2.42. The monoisotopic (exact) mass is 258 g/mol.